The van der Waals surface area contributed by atoms with Crippen molar-refractivity contribution in [1.82, 2.24) is 20.6 Å². The number of nitrogens with one attached hydrogen (secondary N) is 2. The number of aromatic nitrogens is 4. The van der Waals surface area contributed by atoms with Gasteiger partial charge in [-0.25, -0.2) is 4.79 Å². The Labute approximate surface area is 112 Å². The van der Waals surface area contributed by atoms with Crippen molar-refractivity contribution < 1.29 is 14.3 Å². The lowest BCUT2D eigenvalue weighted by molar-refractivity contribution is 0.0601. The van der Waals surface area contributed by atoms with Gasteiger partial charge in [-0.3, -0.25) is 4.79 Å². The zero-order chi connectivity index (χ0) is 14.0. The number of aromatic amines is 1. The number of carbonyl (C=O) groups excluding carboxylic acids is 2. The second kappa shape index (κ2) is 5.14. The molecule has 9 heteroatoms. The number of H-pyrrole nitrogens is 1. The number of methoxy groups -OCH3 is 1. The Morgan fingerprint density at radius 2 is 2.11 bits per heavy atom. The summed E-state index contributed by atoms with van der Waals surface area (Å²) in [5, 5.41) is 15.6. The Morgan fingerprint density at radius 3 is 2.68 bits per heavy atom. The molecule has 0 saturated heterocycles. The molecular weight excluding hydrogens is 270 g/mol. The fraction of sp³-hybridized carbons (Fsp3) is 0.300. The average molecular weight is 281 g/mol. The van der Waals surface area contributed by atoms with Gasteiger partial charge >= 0.3 is 5.97 Å². The summed E-state index contributed by atoms with van der Waals surface area (Å²) in [6, 6.07) is 0. The van der Waals surface area contributed by atoms with Gasteiger partial charge in [0.25, 0.3) is 11.7 Å². The summed E-state index contributed by atoms with van der Waals surface area (Å²) >= 11 is 1.29. The molecule has 0 bridgehead atoms. The van der Waals surface area contributed by atoms with E-state index >= 15 is 0 Å². The Bertz CT molecular complexity index is 619. The first-order valence-electron chi connectivity index (χ1n) is 5.27. The lowest BCUT2D eigenvalue weighted by Crippen LogP contribution is -2.15. The first-order chi connectivity index (χ1) is 9.04. The zero-order valence-electron chi connectivity index (χ0n) is 10.5. The van der Waals surface area contributed by atoms with Crippen molar-refractivity contribution in [3.05, 3.63) is 21.8 Å². The number of hydrogen-bond acceptors (Lipinski definition) is 7. The summed E-state index contributed by atoms with van der Waals surface area (Å²) in [6.45, 7) is 3.65. The maximum absolute atomic E-state index is 11.8. The van der Waals surface area contributed by atoms with Crippen molar-refractivity contribution in [2.75, 3.05) is 12.4 Å². The van der Waals surface area contributed by atoms with Crippen molar-refractivity contribution in [2.45, 2.75) is 13.8 Å². The quantitative estimate of drug-likeness (QED) is 0.809. The van der Waals surface area contributed by atoms with Crippen LogP contribution in [0, 0.1) is 13.8 Å². The van der Waals surface area contributed by atoms with E-state index in [1.807, 2.05) is 6.92 Å². The van der Waals surface area contributed by atoms with Crippen molar-refractivity contribution >= 4 is 28.2 Å². The van der Waals surface area contributed by atoms with E-state index in [0.717, 1.165) is 10.4 Å². The number of hydrogen-bond donors (Lipinski definition) is 2. The van der Waals surface area contributed by atoms with Gasteiger partial charge in [0.1, 0.15) is 5.00 Å². The van der Waals surface area contributed by atoms with Crippen molar-refractivity contribution in [2.24, 2.45) is 0 Å². The third kappa shape index (κ3) is 2.45. The molecule has 2 heterocycles. The van der Waals surface area contributed by atoms with E-state index in [1.54, 1.807) is 6.92 Å². The summed E-state index contributed by atoms with van der Waals surface area (Å²) in [6.07, 6.45) is 0. The lowest BCUT2D eigenvalue weighted by atomic mass is 10.1. The number of thiophene rings is 1. The number of esters is 1. The molecule has 0 unspecified atom stereocenters. The highest BCUT2D eigenvalue weighted by Crippen LogP contribution is 2.33. The van der Waals surface area contributed by atoms with Crippen LogP contribution in [0.5, 0.6) is 0 Å². The van der Waals surface area contributed by atoms with Crippen LogP contribution in [0.25, 0.3) is 0 Å². The van der Waals surface area contributed by atoms with Gasteiger partial charge < -0.3 is 10.1 Å². The maximum Gasteiger partial charge on any atom is 0.341 e. The van der Waals surface area contributed by atoms with Crippen LogP contribution in [0.1, 0.15) is 31.4 Å². The van der Waals surface area contributed by atoms with Crippen molar-refractivity contribution in [3.63, 3.8) is 0 Å². The first-order valence-corrected chi connectivity index (χ1v) is 6.09. The summed E-state index contributed by atoms with van der Waals surface area (Å²) in [5.41, 5.74) is 1.13. The molecule has 0 fully saturated rings. The molecule has 0 aliphatic rings. The SMILES string of the molecule is COC(=O)c1c(NC(=O)c2nn[nH]n2)sc(C)c1C. The largest absolute Gasteiger partial charge is 0.465 e. The molecule has 19 heavy (non-hydrogen) atoms. The molecule has 1 amide bonds. The predicted octanol–water partition coefficient (Wildman–Crippen LogP) is 0.917. The van der Waals surface area contributed by atoms with Crippen LogP contribution in [0.3, 0.4) is 0 Å². The van der Waals surface area contributed by atoms with Gasteiger partial charge in [-0.2, -0.15) is 5.21 Å². The monoisotopic (exact) mass is 281 g/mol. The number of anilines is 1. The van der Waals surface area contributed by atoms with Crippen LogP contribution in [-0.2, 0) is 4.74 Å². The Kier molecular flexibility index (Phi) is 3.56. The highest BCUT2D eigenvalue weighted by atomic mass is 32.1. The van der Waals surface area contributed by atoms with Crippen LogP contribution in [0.15, 0.2) is 0 Å². The third-order valence-corrected chi connectivity index (χ3v) is 3.67. The molecule has 2 aromatic rings. The van der Waals surface area contributed by atoms with Gasteiger partial charge in [-0.1, -0.05) is 0 Å². The highest BCUT2D eigenvalue weighted by molar-refractivity contribution is 7.16. The van der Waals surface area contributed by atoms with E-state index < -0.39 is 11.9 Å². The molecule has 0 aliphatic heterocycles. The smallest absolute Gasteiger partial charge is 0.341 e. The number of rotatable bonds is 3. The minimum atomic E-state index is -0.542. The number of aryl methyl sites for hydroxylation is 1. The molecule has 0 aromatic carbocycles. The standard InChI is InChI=1S/C10H11N5O3S/c1-4-5(2)19-9(6(4)10(17)18-3)11-8(16)7-12-14-15-13-7/h1-3H3,(H,11,16)(H,12,13,14,15). The maximum atomic E-state index is 11.8. The van der Waals surface area contributed by atoms with E-state index in [4.69, 9.17) is 4.74 Å². The normalized spacial score (nSPS) is 10.3. The molecule has 0 saturated carbocycles. The number of nitrogens with zero attached hydrogens (tertiary/aromatic N) is 3. The van der Waals surface area contributed by atoms with Crippen LogP contribution in [0.2, 0.25) is 0 Å². The Hall–Kier alpha value is -2.29. The van der Waals surface area contributed by atoms with E-state index in [0.29, 0.717) is 10.6 Å². The summed E-state index contributed by atoms with van der Waals surface area (Å²) in [7, 11) is 1.29. The first kappa shape index (κ1) is 13.1. The van der Waals surface area contributed by atoms with E-state index in [1.165, 1.54) is 18.4 Å². The molecule has 100 valence electrons. The third-order valence-electron chi connectivity index (χ3n) is 2.55. The van der Waals surface area contributed by atoms with Gasteiger partial charge in [0.05, 0.1) is 12.7 Å². The van der Waals surface area contributed by atoms with Crippen LogP contribution in [0.4, 0.5) is 5.00 Å². The fourth-order valence-corrected chi connectivity index (χ4v) is 2.52. The topological polar surface area (TPSA) is 110 Å². The number of tetrazole rings is 1. The van der Waals surface area contributed by atoms with Gasteiger partial charge in [0.15, 0.2) is 0 Å². The minimum Gasteiger partial charge on any atom is -0.465 e. The Morgan fingerprint density at radius 1 is 1.37 bits per heavy atom. The molecule has 2 rings (SSSR count). The van der Waals surface area contributed by atoms with Gasteiger partial charge in [-0.15, -0.1) is 21.5 Å². The van der Waals surface area contributed by atoms with E-state index in [2.05, 4.69) is 25.9 Å². The molecule has 8 nitrogen and oxygen atoms in total. The predicted molar refractivity (Wildman–Crippen MR) is 67.3 cm³/mol. The molecular formula is C10H11N5O3S. The Balaban J connectivity index is 2.33. The highest BCUT2D eigenvalue weighted by Gasteiger charge is 2.22. The van der Waals surface area contributed by atoms with Crippen LogP contribution < -0.4 is 5.32 Å². The average Bonchev–Trinajstić information content (AvgIpc) is 2.99. The van der Waals surface area contributed by atoms with Gasteiger partial charge in [-0.05, 0) is 24.6 Å². The summed E-state index contributed by atoms with van der Waals surface area (Å²) in [5.74, 6) is -1.13. The lowest BCUT2D eigenvalue weighted by Gasteiger charge is -2.03. The number of ether oxygens (including phenoxy) is 1. The molecule has 2 aromatic heterocycles. The van der Waals surface area contributed by atoms with Gasteiger partial charge in [0, 0.05) is 4.88 Å². The molecule has 0 spiro atoms. The fourth-order valence-electron chi connectivity index (χ4n) is 1.48. The molecule has 0 aliphatic carbocycles. The summed E-state index contributed by atoms with van der Waals surface area (Å²) < 4.78 is 4.71. The van der Waals surface area contributed by atoms with Crippen molar-refractivity contribution in [1.29, 1.82) is 0 Å². The van der Waals surface area contributed by atoms with Crippen molar-refractivity contribution in [3.8, 4) is 0 Å². The number of amides is 1. The van der Waals surface area contributed by atoms with E-state index in [9.17, 15) is 9.59 Å². The van der Waals surface area contributed by atoms with E-state index in [-0.39, 0.29) is 5.82 Å². The molecule has 0 radical (unpaired) electrons. The number of carbonyl (C=O) groups is 2. The second-order valence-electron chi connectivity index (χ2n) is 3.67. The molecule has 0 atom stereocenters. The second-order valence-corrected chi connectivity index (χ2v) is 4.89. The molecule has 2 N–H and O–H groups in total. The van der Waals surface area contributed by atoms with Crippen LogP contribution in [-0.4, -0.2) is 39.6 Å². The van der Waals surface area contributed by atoms with Crippen LogP contribution >= 0.6 is 11.3 Å². The minimum absolute atomic E-state index is 0.0977. The van der Waals surface area contributed by atoms with Gasteiger partial charge in [0.2, 0.25) is 0 Å². The zero-order valence-corrected chi connectivity index (χ0v) is 11.3. The summed E-state index contributed by atoms with van der Waals surface area (Å²) in [4.78, 5) is 24.5.